The van der Waals surface area contributed by atoms with Crippen LogP contribution in [0.25, 0.3) is 11.0 Å². The van der Waals surface area contributed by atoms with Gasteiger partial charge in [0.2, 0.25) is 0 Å². The molecule has 1 N–H and O–H groups in total. The van der Waals surface area contributed by atoms with Crippen molar-refractivity contribution in [3.8, 4) is 0 Å². The van der Waals surface area contributed by atoms with E-state index in [9.17, 15) is 4.79 Å². The summed E-state index contributed by atoms with van der Waals surface area (Å²) in [6, 6.07) is 25.5. The third-order valence-corrected chi connectivity index (χ3v) is 5.38. The molecule has 0 unspecified atom stereocenters. The Bertz CT molecular complexity index is 1160. The Hall–Kier alpha value is -3.53. The van der Waals surface area contributed by atoms with E-state index in [0.717, 1.165) is 27.9 Å². The fourth-order valence-corrected chi connectivity index (χ4v) is 3.88. The van der Waals surface area contributed by atoms with Crippen LogP contribution in [0.5, 0.6) is 0 Å². The van der Waals surface area contributed by atoms with Crippen molar-refractivity contribution in [1.82, 2.24) is 0 Å². The standard InChI is InChI=1S/C24H20N2O2/c1-16-11-13-18(14-12-16)26-23(27)19-8-4-5-9-20(19)25-24(26,2)22-15-17-7-3-6-10-21(17)28-22/h3-15,25H,1-2H3/t24-/m1/s1. The molecule has 5 rings (SSSR count). The average molecular weight is 368 g/mol. The maximum Gasteiger partial charge on any atom is 0.262 e. The summed E-state index contributed by atoms with van der Waals surface area (Å²) in [5.74, 6) is 0.637. The topological polar surface area (TPSA) is 45.5 Å². The van der Waals surface area contributed by atoms with Crippen LogP contribution in [-0.2, 0) is 5.66 Å². The minimum absolute atomic E-state index is 0.0545. The lowest BCUT2D eigenvalue weighted by Crippen LogP contribution is -2.56. The summed E-state index contributed by atoms with van der Waals surface area (Å²) in [5.41, 5.74) is 3.36. The van der Waals surface area contributed by atoms with E-state index in [4.69, 9.17) is 4.42 Å². The van der Waals surface area contributed by atoms with Gasteiger partial charge < -0.3 is 9.73 Å². The first-order valence-corrected chi connectivity index (χ1v) is 9.34. The van der Waals surface area contributed by atoms with Crippen LogP contribution in [0.1, 0.15) is 28.6 Å². The van der Waals surface area contributed by atoms with Gasteiger partial charge in [0.1, 0.15) is 5.58 Å². The second-order valence-electron chi connectivity index (χ2n) is 7.37. The lowest BCUT2D eigenvalue weighted by molar-refractivity contribution is 0.0950. The van der Waals surface area contributed by atoms with E-state index < -0.39 is 5.66 Å². The highest BCUT2D eigenvalue weighted by Gasteiger charge is 2.45. The van der Waals surface area contributed by atoms with E-state index in [0.29, 0.717) is 11.3 Å². The lowest BCUT2D eigenvalue weighted by Gasteiger charge is -2.45. The third-order valence-electron chi connectivity index (χ3n) is 5.38. The Morgan fingerprint density at radius 2 is 1.64 bits per heavy atom. The highest BCUT2D eigenvalue weighted by Crippen LogP contribution is 2.42. The van der Waals surface area contributed by atoms with Crippen LogP contribution in [0.4, 0.5) is 11.4 Å². The Balaban J connectivity index is 1.74. The van der Waals surface area contributed by atoms with Gasteiger partial charge in [-0.05, 0) is 50.2 Å². The van der Waals surface area contributed by atoms with Crippen LogP contribution in [-0.4, -0.2) is 5.91 Å². The van der Waals surface area contributed by atoms with Gasteiger partial charge in [0.05, 0.1) is 5.56 Å². The molecule has 0 saturated heterocycles. The molecule has 4 heteroatoms. The predicted molar refractivity (Wildman–Crippen MR) is 112 cm³/mol. The summed E-state index contributed by atoms with van der Waals surface area (Å²) < 4.78 is 6.19. The molecule has 1 amide bonds. The molecule has 138 valence electrons. The SMILES string of the molecule is Cc1ccc(N2C(=O)c3ccccc3N[C@@]2(C)c2cc3ccccc3o2)cc1. The number of amides is 1. The fourth-order valence-electron chi connectivity index (χ4n) is 3.88. The first-order valence-electron chi connectivity index (χ1n) is 9.34. The molecular formula is C24H20N2O2. The number of fused-ring (bicyclic) bond motifs is 2. The highest BCUT2D eigenvalue weighted by molar-refractivity contribution is 6.12. The molecule has 28 heavy (non-hydrogen) atoms. The number of aryl methyl sites for hydroxylation is 1. The van der Waals surface area contributed by atoms with Gasteiger partial charge in [-0.3, -0.25) is 9.69 Å². The van der Waals surface area contributed by atoms with E-state index in [1.807, 2.05) is 92.7 Å². The monoisotopic (exact) mass is 368 g/mol. The van der Waals surface area contributed by atoms with E-state index in [2.05, 4.69) is 5.32 Å². The molecule has 0 spiro atoms. The van der Waals surface area contributed by atoms with Crippen molar-refractivity contribution in [1.29, 1.82) is 0 Å². The zero-order chi connectivity index (χ0) is 19.3. The number of rotatable bonds is 2. The van der Waals surface area contributed by atoms with Crippen LogP contribution in [0.2, 0.25) is 0 Å². The van der Waals surface area contributed by atoms with Crippen LogP contribution < -0.4 is 10.2 Å². The molecule has 2 heterocycles. The molecule has 3 aromatic carbocycles. The summed E-state index contributed by atoms with van der Waals surface area (Å²) in [7, 11) is 0. The van der Waals surface area contributed by atoms with Gasteiger partial charge in [0, 0.05) is 16.8 Å². The molecule has 0 fully saturated rings. The van der Waals surface area contributed by atoms with Gasteiger partial charge in [-0.25, -0.2) is 0 Å². The van der Waals surface area contributed by atoms with Gasteiger partial charge >= 0.3 is 0 Å². The van der Waals surface area contributed by atoms with E-state index in [-0.39, 0.29) is 5.91 Å². The summed E-state index contributed by atoms with van der Waals surface area (Å²) >= 11 is 0. The van der Waals surface area contributed by atoms with E-state index in [1.54, 1.807) is 4.90 Å². The van der Waals surface area contributed by atoms with E-state index >= 15 is 0 Å². The molecular weight excluding hydrogens is 348 g/mol. The summed E-state index contributed by atoms with van der Waals surface area (Å²) in [6.07, 6.45) is 0. The normalized spacial score (nSPS) is 18.8. The van der Waals surface area contributed by atoms with Gasteiger partial charge in [-0.15, -0.1) is 0 Å². The number of nitrogens with one attached hydrogen (secondary N) is 1. The summed E-state index contributed by atoms with van der Waals surface area (Å²) in [4.78, 5) is 15.3. The summed E-state index contributed by atoms with van der Waals surface area (Å²) in [6.45, 7) is 4.02. The van der Waals surface area contributed by atoms with Crippen molar-refractivity contribution in [3.05, 3.63) is 95.7 Å². The molecule has 0 radical (unpaired) electrons. The Kier molecular flexibility index (Phi) is 3.56. The van der Waals surface area contributed by atoms with Gasteiger partial charge in [-0.1, -0.05) is 48.0 Å². The first kappa shape index (κ1) is 16.6. The maximum atomic E-state index is 13.6. The van der Waals surface area contributed by atoms with Crippen molar-refractivity contribution in [2.45, 2.75) is 19.5 Å². The highest BCUT2D eigenvalue weighted by atomic mass is 16.3. The molecule has 0 aliphatic carbocycles. The second kappa shape index (κ2) is 5.99. The largest absolute Gasteiger partial charge is 0.457 e. The Morgan fingerprint density at radius 1 is 0.929 bits per heavy atom. The van der Waals surface area contributed by atoms with Gasteiger partial charge in [0.15, 0.2) is 11.4 Å². The van der Waals surface area contributed by atoms with Crippen LogP contribution in [0.3, 0.4) is 0 Å². The van der Waals surface area contributed by atoms with Crippen molar-refractivity contribution in [3.63, 3.8) is 0 Å². The minimum atomic E-state index is -0.861. The van der Waals surface area contributed by atoms with Crippen molar-refractivity contribution in [2.75, 3.05) is 10.2 Å². The molecule has 1 aliphatic heterocycles. The van der Waals surface area contributed by atoms with Crippen LogP contribution in [0, 0.1) is 6.92 Å². The number of anilines is 2. The minimum Gasteiger partial charge on any atom is -0.457 e. The zero-order valence-corrected chi connectivity index (χ0v) is 15.8. The zero-order valence-electron chi connectivity index (χ0n) is 15.8. The quantitative estimate of drug-likeness (QED) is 0.495. The third kappa shape index (κ3) is 2.42. The molecule has 1 atom stereocenters. The molecule has 0 saturated carbocycles. The Labute approximate surface area is 163 Å². The average Bonchev–Trinajstić information content (AvgIpc) is 3.15. The summed E-state index contributed by atoms with van der Waals surface area (Å²) in [5, 5.41) is 4.57. The molecule has 1 aromatic heterocycles. The van der Waals surface area contributed by atoms with Crippen molar-refractivity contribution in [2.24, 2.45) is 0 Å². The van der Waals surface area contributed by atoms with Crippen molar-refractivity contribution >= 4 is 28.3 Å². The first-order chi connectivity index (χ1) is 13.6. The molecule has 4 aromatic rings. The number of carbonyl (C=O) groups is 1. The number of hydrogen-bond acceptors (Lipinski definition) is 3. The van der Waals surface area contributed by atoms with Crippen LogP contribution >= 0.6 is 0 Å². The van der Waals surface area contributed by atoms with Crippen molar-refractivity contribution < 1.29 is 9.21 Å². The number of carbonyl (C=O) groups excluding carboxylic acids is 1. The molecule has 0 bridgehead atoms. The number of para-hydroxylation sites is 2. The number of benzene rings is 3. The van der Waals surface area contributed by atoms with Gasteiger partial charge in [0.25, 0.3) is 5.91 Å². The fraction of sp³-hybridized carbons (Fsp3) is 0.125. The van der Waals surface area contributed by atoms with E-state index in [1.165, 1.54) is 0 Å². The number of hydrogen-bond donors (Lipinski definition) is 1. The second-order valence-corrected chi connectivity index (χ2v) is 7.37. The van der Waals surface area contributed by atoms with Crippen LogP contribution in [0.15, 0.2) is 83.3 Å². The number of furan rings is 1. The lowest BCUT2D eigenvalue weighted by atomic mass is 9.97. The Morgan fingerprint density at radius 3 is 2.43 bits per heavy atom. The smallest absolute Gasteiger partial charge is 0.262 e. The van der Waals surface area contributed by atoms with Gasteiger partial charge in [-0.2, -0.15) is 0 Å². The number of nitrogens with zero attached hydrogens (tertiary/aromatic N) is 1. The molecule has 1 aliphatic rings. The molecule has 4 nitrogen and oxygen atoms in total. The predicted octanol–water partition coefficient (Wildman–Crippen LogP) is 5.69. The maximum absolute atomic E-state index is 13.6.